The first-order valence-corrected chi connectivity index (χ1v) is 8.64. The maximum absolute atomic E-state index is 12.3. The molecule has 2 heterocycles. The molecule has 0 aromatic carbocycles. The molecular weight excluding hydrogens is 344 g/mol. The third-order valence-corrected chi connectivity index (χ3v) is 3.57. The maximum Gasteiger partial charge on any atom is 0.253 e. The molecule has 0 saturated carbocycles. The van der Waals surface area contributed by atoms with Crippen LogP contribution >= 0.6 is 25.3 Å². The molecule has 0 aliphatic heterocycles. The van der Waals surface area contributed by atoms with Crippen LogP contribution in [-0.4, -0.2) is 46.4 Å². The van der Waals surface area contributed by atoms with Crippen LogP contribution in [0.15, 0.2) is 36.7 Å². The molecule has 6 nitrogen and oxygen atoms in total. The lowest BCUT2D eigenvalue weighted by atomic mass is 10.0. The number of hydrogen-bond donors (Lipinski definition) is 4. The smallest absolute Gasteiger partial charge is 0.253 e. The van der Waals surface area contributed by atoms with E-state index in [9.17, 15) is 9.59 Å². The van der Waals surface area contributed by atoms with Crippen molar-refractivity contribution >= 4 is 37.1 Å². The van der Waals surface area contributed by atoms with Gasteiger partial charge >= 0.3 is 0 Å². The van der Waals surface area contributed by atoms with Crippen molar-refractivity contribution in [3.63, 3.8) is 0 Å². The van der Waals surface area contributed by atoms with Crippen molar-refractivity contribution in [1.29, 1.82) is 0 Å². The van der Waals surface area contributed by atoms with Gasteiger partial charge in [-0.15, -0.1) is 0 Å². The standard InChI is InChI=1S/C16H18N4O2S2/c21-15(19-7-9-23)11-3-1-5-17-13(11)14-12(4-2-6-18-14)16(22)20-8-10-24/h1-6,23-24H,7-10H2,(H,19,21)(H,20,22). The Balaban J connectivity index is 2.42. The van der Waals surface area contributed by atoms with Gasteiger partial charge in [-0.2, -0.15) is 25.3 Å². The number of rotatable bonds is 7. The SMILES string of the molecule is O=C(NCCS)c1cccnc1-c1ncccc1C(=O)NCCS. The van der Waals surface area contributed by atoms with Crippen molar-refractivity contribution in [3.05, 3.63) is 47.8 Å². The van der Waals surface area contributed by atoms with Crippen molar-refractivity contribution in [3.8, 4) is 11.4 Å². The minimum atomic E-state index is -0.278. The molecule has 2 aromatic heterocycles. The van der Waals surface area contributed by atoms with Gasteiger partial charge in [0.05, 0.1) is 11.1 Å². The van der Waals surface area contributed by atoms with Gasteiger partial charge in [0.25, 0.3) is 11.8 Å². The molecule has 2 N–H and O–H groups in total. The summed E-state index contributed by atoms with van der Waals surface area (Å²) in [6, 6.07) is 6.64. The van der Waals surface area contributed by atoms with Crippen molar-refractivity contribution < 1.29 is 9.59 Å². The molecule has 0 fully saturated rings. The van der Waals surface area contributed by atoms with E-state index >= 15 is 0 Å². The third kappa shape index (κ3) is 4.48. The first kappa shape index (κ1) is 18.3. The molecule has 0 unspecified atom stereocenters. The molecule has 0 radical (unpaired) electrons. The lowest BCUT2D eigenvalue weighted by Gasteiger charge is -2.11. The molecule has 126 valence electrons. The Bertz CT molecular complexity index is 663. The van der Waals surface area contributed by atoms with Crippen LogP contribution in [-0.2, 0) is 0 Å². The van der Waals surface area contributed by atoms with Crippen molar-refractivity contribution in [2.24, 2.45) is 0 Å². The number of amides is 2. The molecule has 2 rings (SSSR count). The van der Waals surface area contributed by atoms with Crippen LogP contribution in [0.1, 0.15) is 20.7 Å². The summed E-state index contributed by atoms with van der Waals surface area (Å²) in [5, 5.41) is 5.50. The van der Waals surface area contributed by atoms with Gasteiger partial charge in [0, 0.05) is 37.0 Å². The first-order chi connectivity index (χ1) is 11.7. The van der Waals surface area contributed by atoms with Gasteiger partial charge in [0.2, 0.25) is 0 Å². The van der Waals surface area contributed by atoms with E-state index in [0.717, 1.165) is 0 Å². The van der Waals surface area contributed by atoms with Crippen LogP contribution in [0.25, 0.3) is 11.4 Å². The van der Waals surface area contributed by atoms with Gasteiger partial charge in [0.15, 0.2) is 0 Å². The number of hydrogen-bond acceptors (Lipinski definition) is 6. The van der Waals surface area contributed by atoms with Crippen LogP contribution < -0.4 is 10.6 Å². The average molecular weight is 362 g/mol. The lowest BCUT2D eigenvalue weighted by molar-refractivity contribution is 0.0946. The second-order valence-corrected chi connectivity index (χ2v) is 5.65. The quantitative estimate of drug-likeness (QED) is 0.562. The second kappa shape index (κ2) is 9.29. The van der Waals surface area contributed by atoms with E-state index < -0.39 is 0 Å². The lowest BCUT2D eigenvalue weighted by Crippen LogP contribution is -2.27. The fraction of sp³-hybridized carbons (Fsp3) is 0.250. The Labute approximate surface area is 151 Å². The molecule has 8 heteroatoms. The fourth-order valence-electron chi connectivity index (χ4n) is 2.08. The Morgan fingerprint density at radius 3 is 1.62 bits per heavy atom. The largest absolute Gasteiger partial charge is 0.351 e. The van der Waals surface area contributed by atoms with Gasteiger partial charge in [-0.05, 0) is 24.3 Å². The molecule has 0 saturated heterocycles. The Morgan fingerprint density at radius 2 is 1.25 bits per heavy atom. The zero-order valence-corrected chi connectivity index (χ0v) is 14.7. The molecule has 2 amide bonds. The summed E-state index contributed by atoms with van der Waals surface area (Å²) in [6.45, 7) is 0.877. The predicted octanol–water partition coefficient (Wildman–Crippen LogP) is 1.46. The van der Waals surface area contributed by atoms with E-state index in [2.05, 4.69) is 45.9 Å². The van der Waals surface area contributed by atoms with Gasteiger partial charge in [-0.3, -0.25) is 19.6 Å². The monoisotopic (exact) mass is 362 g/mol. The van der Waals surface area contributed by atoms with Crippen molar-refractivity contribution in [2.75, 3.05) is 24.6 Å². The minimum Gasteiger partial charge on any atom is -0.351 e. The topological polar surface area (TPSA) is 84.0 Å². The predicted molar refractivity (Wildman–Crippen MR) is 99.8 cm³/mol. The highest BCUT2D eigenvalue weighted by Crippen LogP contribution is 2.22. The van der Waals surface area contributed by atoms with Crippen LogP contribution in [0.3, 0.4) is 0 Å². The molecular formula is C16H18N4O2S2. The number of carbonyl (C=O) groups excluding carboxylic acids is 2. The Kier molecular flexibility index (Phi) is 7.07. The maximum atomic E-state index is 12.3. The summed E-state index contributed by atoms with van der Waals surface area (Å²) in [5.41, 5.74) is 1.46. The zero-order valence-electron chi connectivity index (χ0n) is 12.9. The molecule has 0 bridgehead atoms. The molecule has 0 spiro atoms. The summed E-state index contributed by atoms with van der Waals surface area (Å²) in [6.07, 6.45) is 3.13. The summed E-state index contributed by atoms with van der Waals surface area (Å²) in [5.74, 6) is 0.504. The van der Waals surface area contributed by atoms with Crippen LogP contribution in [0.4, 0.5) is 0 Å². The highest BCUT2D eigenvalue weighted by Gasteiger charge is 2.20. The molecule has 0 aliphatic carbocycles. The van der Waals surface area contributed by atoms with E-state index in [1.807, 2.05) is 0 Å². The number of carbonyl (C=O) groups is 2. The van der Waals surface area contributed by atoms with Gasteiger partial charge < -0.3 is 10.6 Å². The highest BCUT2D eigenvalue weighted by atomic mass is 32.1. The van der Waals surface area contributed by atoms with Gasteiger partial charge in [-0.25, -0.2) is 0 Å². The summed E-state index contributed by atoms with van der Waals surface area (Å²) >= 11 is 8.15. The molecule has 24 heavy (non-hydrogen) atoms. The third-order valence-electron chi connectivity index (χ3n) is 3.12. The fourth-order valence-corrected chi connectivity index (χ4v) is 2.31. The molecule has 0 aliphatic rings. The number of pyridine rings is 2. The number of nitrogens with zero attached hydrogens (tertiary/aromatic N) is 2. The Morgan fingerprint density at radius 1 is 0.833 bits per heavy atom. The molecule has 0 atom stereocenters. The van der Waals surface area contributed by atoms with Crippen LogP contribution in [0.2, 0.25) is 0 Å². The summed E-state index contributed by atoms with van der Waals surface area (Å²) in [4.78, 5) is 33.2. The molecule has 2 aromatic rings. The van der Waals surface area contributed by atoms with Crippen molar-refractivity contribution in [2.45, 2.75) is 0 Å². The number of aromatic nitrogens is 2. The highest BCUT2D eigenvalue weighted by molar-refractivity contribution is 7.80. The van der Waals surface area contributed by atoms with Gasteiger partial charge in [0.1, 0.15) is 11.4 Å². The zero-order chi connectivity index (χ0) is 17.4. The van der Waals surface area contributed by atoms with E-state index in [1.165, 1.54) is 0 Å². The number of thiol groups is 2. The first-order valence-electron chi connectivity index (χ1n) is 7.37. The van der Waals surface area contributed by atoms with Crippen LogP contribution in [0, 0.1) is 0 Å². The van der Waals surface area contributed by atoms with E-state index in [4.69, 9.17) is 0 Å². The van der Waals surface area contributed by atoms with E-state index in [1.54, 1.807) is 36.7 Å². The normalized spacial score (nSPS) is 10.2. The average Bonchev–Trinajstić information content (AvgIpc) is 2.64. The number of nitrogens with one attached hydrogen (secondary N) is 2. The van der Waals surface area contributed by atoms with Gasteiger partial charge in [-0.1, -0.05) is 0 Å². The van der Waals surface area contributed by atoms with E-state index in [-0.39, 0.29) is 11.8 Å². The Hall–Kier alpha value is -2.06. The van der Waals surface area contributed by atoms with E-state index in [0.29, 0.717) is 47.1 Å². The second-order valence-electron chi connectivity index (χ2n) is 4.76. The van der Waals surface area contributed by atoms with Crippen LogP contribution in [0.5, 0.6) is 0 Å². The summed E-state index contributed by atoms with van der Waals surface area (Å²) in [7, 11) is 0. The minimum absolute atomic E-state index is 0.278. The van der Waals surface area contributed by atoms with Crippen molar-refractivity contribution in [1.82, 2.24) is 20.6 Å². The summed E-state index contributed by atoms with van der Waals surface area (Å²) < 4.78 is 0.